The van der Waals surface area contributed by atoms with E-state index in [1.165, 1.54) is 6.92 Å². The Hall–Kier alpha value is -1.39. The van der Waals surface area contributed by atoms with Crippen molar-refractivity contribution in [3.05, 3.63) is 35.9 Å². The van der Waals surface area contributed by atoms with Gasteiger partial charge in [0.2, 0.25) is 6.29 Å². The molecule has 2 atom stereocenters. The molecule has 0 aliphatic carbocycles. The van der Waals surface area contributed by atoms with E-state index in [0.29, 0.717) is 19.6 Å². The quantitative estimate of drug-likeness (QED) is 0.769. The van der Waals surface area contributed by atoms with Crippen LogP contribution in [0.1, 0.15) is 25.3 Å². The Labute approximate surface area is 107 Å². The van der Waals surface area contributed by atoms with Crippen LogP contribution in [0.5, 0.6) is 0 Å². The second-order valence-corrected chi connectivity index (χ2v) is 4.37. The molecule has 2 rings (SSSR count). The molecule has 0 radical (unpaired) electrons. The lowest BCUT2D eigenvalue weighted by atomic mass is 10.1. The van der Waals surface area contributed by atoms with E-state index in [-0.39, 0.29) is 12.1 Å². The Morgan fingerprint density at radius 2 is 2.11 bits per heavy atom. The molecule has 1 fully saturated rings. The van der Waals surface area contributed by atoms with Gasteiger partial charge in [0.25, 0.3) is 0 Å². The van der Waals surface area contributed by atoms with E-state index in [1.54, 1.807) is 0 Å². The number of carbonyl (C=O) groups is 1. The maximum Gasteiger partial charge on any atom is 0.304 e. The van der Waals surface area contributed by atoms with Gasteiger partial charge in [-0.2, -0.15) is 0 Å². The number of hydrogen-bond acceptors (Lipinski definition) is 4. The van der Waals surface area contributed by atoms with E-state index in [1.807, 2.05) is 30.3 Å². The first-order chi connectivity index (χ1) is 8.74. The van der Waals surface area contributed by atoms with Crippen LogP contribution in [-0.2, 0) is 25.6 Å². The Morgan fingerprint density at radius 3 is 2.72 bits per heavy atom. The van der Waals surface area contributed by atoms with Gasteiger partial charge in [-0.3, -0.25) is 4.79 Å². The maximum absolute atomic E-state index is 10.8. The van der Waals surface area contributed by atoms with Gasteiger partial charge < -0.3 is 14.2 Å². The summed E-state index contributed by atoms with van der Waals surface area (Å²) in [6, 6.07) is 10.0. The lowest BCUT2D eigenvalue weighted by molar-refractivity contribution is -0.201. The van der Waals surface area contributed by atoms with Crippen molar-refractivity contribution >= 4 is 5.97 Å². The molecule has 0 saturated carbocycles. The summed E-state index contributed by atoms with van der Waals surface area (Å²) in [6.07, 6.45) is 1.22. The minimum absolute atomic E-state index is 0.0806. The molecule has 1 aliphatic heterocycles. The molecule has 4 nitrogen and oxygen atoms in total. The maximum atomic E-state index is 10.8. The fraction of sp³-hybridized carbons (Fsp3) is 0.500. The first-order valence-electron chi connectivity index (χ1n) is 6.18. The van der Waals surface area contributed by atoms with E-state index >= 15 is 0 Å². The number of esters is 1. The molecule has 1 aliphatic rings. The van der Waals surface area contributed by atoms with Crippen LogP contribution in [0.15, 0.2) is 30.3 Å². The molecule has 98 valence electrons. The molecule has 1 heterocycles. The molecule has 4 heteroatoms. The SMILES string of the molecule is CC(=O)O[C@@H]1CC[C@H](OCc2ccccc2)CO1. The zero-order valence-electron chi connectivity index (χ0n) is 10.5. The third-order valence-corrected chi connectivity index (χ3v) is 2.82. The van der Waals surface area contributed by atoms with Crippen LogP contribution in [-0.4, -0.2) is 25.0 Å². The van der Waals surface area contributed by atoms with Crippen molar-refractivity contribution in [2.45, 2.75) is 38.8 Å². The van der Waals surface area contributed by atoms with E-state index in [0.717, 1.165) is 12.0 Å². The number of rotatable bonds is 4. The first kappa shape index (κ1) is 13.1. The van der Waals surface area contributed by atoms with Crippen LogP contribution in [0, 0.1) is 0 Å². The van der Waals surface area contributed by atoms with Gasteiger partial charge in [0.05, 0.1) is 19.3 Å². The topological polar surface area (TPSA) is 44.8 Å². The van der Waals surface area contributed by atoms with Crippen molar-refractivity contribution in [2.75, 3.05) is 6.61 Å². The van der Waals surface area contributed by atoms with Crippen LogP contribution in [0.4, 0.5) is 0 Å². The fourth-order valence-corrected chi connectivity index (χ4v) is 1.90. The molecular formula is C14H18O4. The highest BCUT2D eigenvalue weighted by Crippen LogP contribution is 2.18. The normalized spacial score (nSPS) is 23.6. The molecule has 0 amide bonds. The van der Waals surface area contributed by atoms with Crippen LogP contribution >= 0.6 is 0 Å². The van der Waals surface area contributed by atoms with Gasteiger partial charge in [-0.15, -0.1) is 0 Å². The number of carbonyl (C=O) groups excluding carboxylic acids is 1. The number of hydrogen-bond donors (Lipinski definition) is 0. The van der Waals surface area contributed by atoms with Crippen molar-refractivity contribution in [3.8, 4) is 0 Å². The van der Waals surface area contributed by atoms with E-state index in [9.17, 15) is 4.79 Å². The zero-order valence-corrected chi connectivity index (χ0v) is 10.5. The predicted molar refractivity (Wildman–Crippen MR) is 65.8 cm³/mol. The number of benzene rings is 1. The van der Waals surface area contributed by atoms with Crippen molar-refractivity contribution in [1.82, 2.24) is 0 Å². The van der Waals surface area contributed by atoms with Gasteiger partial charge in [-0.1, -0.05) is 30.3 Å². The first-order valence-corrected chi connectivity index (χ1v) is 6.18. The highest BCUT2D eigenvalue weighted by atomic mass is 16.7. The third-order valence-electron chi connectivity index (χ3n) is 2.82. The number of ether oxygens (including phenoxy) is 3. The van der Waals surface area contributed by atoms with Crippen LogP contribution in [0.3, 0.4) is 0 Å². The standard InChI is InChI=1S/C14H18O4/c1-11(15)18-14-8-7-13(10-17-14)16-9-12-5-3-2-4-6-12/h2-6,13-14H,7-10H2,1H3/t13-,14+/m0/s1. The van der Waals surface area contributed by atoms with Crippen LogP contribution in [0.2, 0.25) is 0 Å². The average molecular weight is 250 g/mol. The highest BCUT2D eigenvalue weighted by Gasteiger charge is 2.23. The summed E-state index contributed by atoms with van der Waals surface area (Å²) in [4.78, 5) is 10.8. The molecule has 0 unspecified atom stereocenters. The van der Waals surface area contributed by atoms with Gasteiger partial charge in [-0.25, -0.2) is 0 Å². The Balaban J connectivity index is 1.69. The zero-order chi connectivity index (χ0) is 12.8. The molecule has 1 aromatic rings. The largest absolute Gasteiger partial charge is 0.436 e. The lowest BCUT2D eigenvalue weighted by Crippen LogP contribution is -2.33. The fourth-order valence-electron chi connectivity index (χ4n) is 1.90. The Bertz CT molecular complexity index is 369. The van der Waals surface area contributed by atoms with Crippen molar-refractivity contribution in [1.29, 1.82) is 0 Å². The van der Waals surface area contributed by atoms with Crippen molar-refractivity contribution < 1.29 is 19.0 Å². The summed E-state index contributed by atoms with van der Waals surface area (Å²) < 4.78 is 16.2. The molecule has 0 spiro atoms. The highest BCUT2D eigenvalue weighted by molar-refractivity contribution is 5.66. The molecule has 18 heavy (non-hydrogen) atoms. The Morgan fingerprint density at radius 1 is 1.33 bits per heavy atom. The smallest absolute Gasteiger partial charge is 0.304 e. The average Bonchev–Trinajstić information content (AvgIpc) is 2.38. The molecule has 1 saturated heterocycles. The third kappa shape index (κ3) is 4.13. The summed E-state index contributed by atoms with van der Waals surface area (Å²) >= 11 is 0. The van der Waals surface area contributed by atoms with Crippen LogP contribution in [0.25, 0.3) is 0 Å². The summed E-state index contributed by atoms with van der Waals surface area (Å²) in [5.41, 5.74) is 1.15. The van der Waals surface area contributed by atoms with E-state index in [4.69, 9.17) is 14.2 Å². The van der Waals surface area contributed by atoms with Gasteiger partial charge in [0.15, 0.2) is 0 Å². The van der Waals surface area contributed by atoms with Crippen LogP contribution < -0.4 is 0 Å². The predicted octanol–water partition coefficient (Wildman–Crippen LogP) is 2.27. The molecule has 0 bridgehead atoms. The van der Waals surface area contributed by atoms with Gasteiger partial charge in [0.1, 0.15) is 0 Å². The summed E-state index contributed by atoms with van der Waals surface area (Å²) in [5, 5.41) is 0. The summed E-state index contributed by atoms with van der Waals surface area (Å²) in [5.74, 6) is -0.302. The summed E-state index contributed by atoms with van der Waals surface area (Å²) in [7, 11) is 0. The van der Waals surface area contributed by atoms with Crippen molar-refractivity contribution in [2.24, 2.45) is 0 Å². The minimum Gasteiger partial charge on any atom is -0.436 e. The second-order valence-electron chi connectivity index (χ2n) is 4.37. The molecule has 0 N–H and O–H groups in total. The summed E-state index contributed by atoms with van der Waals surface area (Å²) in [6.45, 7) is 2.46. The van der Waals surface area contributed by atoms with Crippen molar-refractivity contribution in [3.63, 3.8) is 0 Å². The van der Waals surface area contributed by atoms with Gasteiger partial charge in [0, 0.05) is 13.3 Å². The van der Waals surface area contributed by atoms with Gasteiger partial charge >= 0.3 is 5.97 Å². The van der Waals surface area contributed by atoms with E-state index in [2.05, 4.69) is 0 Å². The van der Waals surface area contributed by atoms with E-state index < -0.39 is 6.29 Å². The molecule has 1 aromatic carbocycles. The second kappa shape index (κ2) is 6.52. The monoisotopic (exact) mass is 250 g/mol. The van der Waals surface area contributed by atoms with Gasteiger partial charge in [-0.05, 0) is 12.0 Å². The Kier molecular flexibility index (Phi) is 4.73. The molecular weight excluding hydrogens is 232 g/mol. The molecule has 0 aromatic heterocycles. The lowest BCUT2D eigenvalue weighted by Gasteiger charge is -2.28. The minimum atomic E-state index is -0.404.